The summed E-state index contributed by atoms with van der Waals surface area (Å²) in [6.07, 6.45) is 2.09. The van der Waals surface area contributed by atoms with Gasteiger partial charge in [-0.25, -0.2) is 0 Å². The van der Waals surface area contributed by atoms with Crippen LogP contribution in [0.5, 0.6) is 0 Å². The van der Waals surface area contributed by atoms with Crippen molar-refractivity contribution in [1.29, 1.82) is 0 Å². The predicted octanol–water partition coefficient (Wildman–Crippen LogP) is 7.10. The summed E-state index contributed by atoms with van der Waals surface area (Å²) >= 11 is 0. The van der Waals surface area contributed by atoms with Crippen molar-refractivity contribution in [2.24, 2.45) is 23.7 Å². The molecule has 3 N–H and O–H groups in total. The molecule has 71 heavy (non-hydrogen) atoms. The third-order valence-electron chi connectivity index (χ3n) is 15.8. The van der Waals surface area contributed by atoms with Crippen LogP contribution in [-0.4, -0.2) is 167 Å². The van der Waals surface area contributed by atoms with Gasteiger partial charge in [-0.15, -0.1) is 10.1 Å². The van der Waals surface area contributed by atoms with Gasteiger partial charge in [0, 0.05) is 44.5 Å². The Balaban J connectivity index is 0.00000296. The van der Waals surface area contributed by atoms with Gasteiger partial charge in [0.25, 0.3) is 5.09 Å². The number of rotatable bonds is 12. The molecule has 3 saturated heterocycles. The van der Waals surface area contributed by atoms with E-state index in [4.69, 9.17) is 38.0 Å². The largest absolute Gasteiger partial charge is 2.00 e. The van der Waals surface area contributed by atoms with Gasteiger partial charge < -0.3 is 73.1 Å². The van der Waals surface area contributed by atoms with Gasteiger partial charge in [0.05, 0.1) is 41.5 Å². The number of hydrogen-bond acceptors (Lipinski definition) is 17. The zero-order valence-corrected chi connectivity index (χ0v) is 47.4. The van der Waals surface area contributed by atoms with Crippen LogP contribution in [-0.2, 0) is 64.7 Å². The first-order chi connectivity index (χ1) is 31.8. The standard InChI is InChI=1S/C45H81N3O15.C5H10.2CH3.Fe/c1-15-33-45(10,53)40(60-34(49)21-31-18-16-17-19-31)29(6)47(13)24-25(2)22-43(8,52)39(62-42-37(63-48(54)55)32(46(11)12)20-26(3)57-42)27(4)36(28(5)41(51)59-33)61-35-23-44(9,56-14)38(50)30(7)58-35;1-2-4-5-3-1;;;/h25-33,35-40,42,50,52-53H,15-24H2,1-14H3;1-5H2;2*1H3;/q;;2*-1;+2/t25-,26-,27+,28-,29-,30+,32?,33-,35+,36+,37-,38+,39-,40-,42+,43-,44-,45-;;;;/m1..../s1. The molecule has 5 aliphatic rings. The van der Waals surface area contributed by atoms with Crippen molar-refractivity contribution in [3.05, 3.63) is 25.0 Å². The molecule has 3 heterocycles. The molecule has 0 amide bonds. The van der Waals surface area contributed by atoms with Crippen LogP contribution in [0.3, 0.4) is 0 Å². The van der Waals surface area contributed by atoms with Crippen molar-refractivity contribution in [3.8, 4) is 0 Å². The smallest absolute Gasteiger partial charge is 0.459 e. The second kappa shape index (κ2) is 29.5. The number of methoxy groups -OCH3 is 1. The minimum Gasteiger partial charge on any atom is -0.459 e. The van der Waals surface area contributed by atoms with E-state index in [1.165, 1.54) is 46.1 Å². The molecule has 0 aromatic carbocycles. The minimum atomic E-state index is -1.85. The third-order valence-corrected chi connectivity index (χ3v) is 15.8. The number of aliphatic hydroxyl groups is 3. The number of cyclic esters (lactones) is 1. The van der Waals surface area contributed by atoms with Crippen molar-refractivity contribution in [2.45, 2.75) is 249 Å². The van der Waals surface area contributed by atoms with Crippen LogP contribution in [0.2, 0.25) is 0 Å². The van der Waals surface area contributed by atoms with Gasteiger partial charge in [0.15, 0.2) is 18.7 Å². The average molecular weight is 1060 g/mol. The van der Waals surface area contributed by atoms with E-state index < -0.39 is 119 Å². The molecule has 0 spiro atoms. The molecule has 2 saturated carbocycles. The van der Waals surface area contributed by atoms with E-state index in [1.54, 1.807) is 55.6 Å². The Morgan fingerprint density at radius 3 is 2.00 bits per heavy atom. The molecule has 1 unspecified atom stereocenters. The monoisotopic (exact) mass is 1060 g/mol. The number of likely N-dealkylation sites (N-methyl/N-ethyl adjacent to an activating group) is 2. The fourth-order valence-corrected chi connectivity index (χ4v) is 11.7. The number of esters is 2. The molecule has 2 aliphatic carbocycles. The maximum Gasteiger partial charge on any atom is 2.00 e. The van der Waals surface area contributed by atoms with Gasteiger partial charge >= 0.3 is 29.0 Å². The quantitative estimate of drug-likeness (QED) is 0.0584. The summed E-state index contributed by atoms with van der Waals surface area (Å²) in [6, 6.07) is -1.08. The van der Waals surface area contributed by atoms with E-state index in [0.29, 0.717) is 13.0 Å². The average Bonchev–Trinajstić information content (AvgIpc) is 4.02. The van der Waals surface area contributed by atoms with Gasteiger partial charge in [-0.3, -0.25) is 14.5 Å². The summed E-state index contributed by atoms with van der Waals surface area (Å²) in [5.74, 6) is -3.25. The van der Waals surface area contributed by atoms with Gasteiger partial charge in [-0.05, 0) is 114 Å². The zero-order valence-electron chi connectivity index (χ0n) is 46.3. The second-order valence-electron chi connectivity index (χ2n) is 22.1. The van der Waals surface area contributed by atoms with Crippen molar-refractivity contribution < 1.29 is 85.1 Å². The summed E-state index contributed by atoms with van der Waals surface area (Å²) in [7, 11) is 6.91. The Morgan fingerprint density at radius 1 is 0.901 bits per heavy atom. The molecule has 0 aromatic rings. The summed E-state index contributed by atoms with van der Waals surface area (Å²) in [4.78, 5) is 49.3. The van der Waals surface area contributed by atoms with Gasteiger partial charge in [-0.2, -0.15) is 0 Å². The molecule has 0 bridgehead atoms. The molecule has 5 rings (SSSR count). The molecule has 0 aromatic heterocycles. The van der Waals surface area contributed by atoms with E-state index in [-0.39, 0.29) is 69.4 Å². The minimum absolute atomic E-state index is 0. The Kier molecular flexibility index (Phi) is 28.0. The third kappa shape index (κ3) is 17.9. The van der Waals surface area contributed by atoms with Gasteiger partial charge in [0.2, 0.25) is 0 Å². The van der Waals surface area contributed by atoms with Crippen molar-refractivity contribution in [1.82, 2.24) is 9.80 Å². The van der Waals surface area contributed by atoms with Crippen LogP contribution in [0, 0.1) is 48.6 Å². The van der Waals surface area contributed by atoms with E-state index in [9.17, 15) is 35.0 Å². The van der Waals surface area contributed by atoms with Crippen LogP contribution in [0.25, 0.3) is 0 Å². The van der Waals surface area contributed by atoms with Gasteiger partial charge in [-0.1, -0.05) is 65.7 Å². The maximum atomic E-state index is 14.7. The van der Waals surface area contributed by atoms with Gasteiger partial charge in [0.1, 0.15) is 23.9 Å². The topological polar surface area (TPSA) is 218 Å². The normalized spacial score (nSPS) is 41.0. The van der Waals surface area contributed by atoms with Crippen molar-refractivity contribution in [3.63, 3.8) is 0 Å². The molecule has 19 heteroatoms. The summed E-state index contributed by atoms with van der Waals surface area (Å²) in [5, 5.41) is 47.5. The SMILES string of the molecule is C1CCCC1.CC[C@H]1OC(=O)[C@H](C)[C@@H](O[C@H]2C[C@@](C)(OC)[C@@H](O)[C@H](C)O2)[C@H](C)[C@@H](O[C@@H]2O[C@H](C)CC(N(C)C)[C@H]2O[N+](=O)[O-])[C@](C)(O)C[C@@H](C)CN(C)[C@H](C)[C@@H](OC(=O)CC2CCCC2)[C@]1(C)O.[CH3-].[CH3-].[Fe+2]. The van der Waals surface area contributed by atoms with Crippen LogP contribution in [0.15, 0.2) is 0 Å². The Morgan fingerprint density at radius 2 is 1.48 bits per heavy atom. The Labute approximate surface area is 438 Å². The number of carbonyl (C=O) groups is 2. The molecule has 418 valence electrons. The fourth-order valence-electron chi connectivity index (χ4n) is 11.7. The Hall–Kier alpha value is -1.74. The van der Waals surface area contributed by atoms with E-state index in [2.05, 4.69) is 0 Å². The molecular weight excluding hydrogens is 962 g/mol. The summed E-state index contributed by atoms with van der Waals surface area (Å²) in [5.41, 5.74) is -4.66. The number of aliphatic hydroxyl groups excluding tert-OH is 1. The molecule has 5 fully saturated rings. The fraction of sp³-hybridized carbons (Fsp3) is 0.923. The van der Waals surface area contributed by atoms with Crippen LogP contribution >= 0.6 is 0 Å². The molecular formula is C52H97FeN3O15. The number of nitrogens with zero attached hydrogens (tertiary/aromatic N) is 3. The molecule has 18 atom stereocenters. The first-order valence-corrected chi connectivity index (χ1v) is 25.6. The zero-order chi connectivity index (χ0) is 50.9. The predicted molar refractivity (Wildman–Crippen MR) is 266 cm³/mol. The first kappa shape index (κ1) is 67.3. The first-order valence-electron chi connectivity index (χ1n) is 25.6. The molecule has 0 radical (unpaired) electrons. The number of hydrogen-bond donors (Lipinski definition) is 3. The molecule has 18 nitrogen and oxygen atoms in total. The number of carbonyl (C=O) groups excluding carboxylic acids is 2. The summed E-state index contributed by atoms with van der Waals surface area (Å²) in [6.45, 7) is 17.8. The van der Waals surface area contributed by atoms with Crippen LogP contribution in [0.1, 0.15) is 159 Å². The van der Waals surface area contributed by atoms with Crippen molar-refractivity contribution >= 4 is 11.9 Å². The van der Waals surface area contributed by atoms with E-state index >= 15 is 0 Å². The van der Waals surface area contributed by atoms with Crippen LogP contribution in [0.4, 0.5) is 0 Å². The maximum absolute atomic E-state index is 14.7. The Bertz CT molecular complexity index is 1580. The van der Waals surface area contributed by atoms with E-state index in [0.717, 1.165) is 25.7 Å². The summed E-state index contributed by atoms with van der Waals surface area (Å²) < 4.78 is 44.4. The second-order valence-corrected chi connectivity index (χ2v) is 22.1. The van der Waals surface area contributed by atoms with E-state index in [1.807, 2.05) is 37.6 Å². The number of ether oxygens (including phenoxy) is 7. The van der Waals surface area contributed by atoms with Crippen molar-refractivity contribution in [2.75, 3.05) is 34.8 Å². The molecule has 3 aliphatic heterocycles. The van der Waals surface area contributed by atoms with Crippen LogP contribution < -0.4 is 0 Å².